The highest BCUT2D eigenvalue weighted by molar-refractivity contribution is 5.79. The molecule has 1 atom stereocenters. The van der Waals surface area contributed by atoms with E-state index in [0.29, 0.717) is 19.4 Å². The van der Waals surface area contributed by atoms with E-state index in [0.717, 1.165) is 6.42 Å². The van der Waals surface area contributed by atoms with Gasteiger partial charge in [-0.25, -0.2) is 5.01 Å². The Hall–Kier alpha value is -0.610. The van der Waals surface area contributed by atoms with Crippen LogP contribution in [0.5, 0.6) is 0 Å². The summed E-state index contributed by atoms with van der Waals surface area (Å²) in [6.45, 7) is 2.55. The molecule has 0 bridgehead atoms. The molecule has 0 spiro atoms. The number of hydrazine groups is 1. The fraction of sp³-hybridized carbons (Fsp3) is 0.857. The van der Waals surface area contributed by atoms with E-state index in [1.165, 1.54) is 5.01 Å². The Balaban J connectivity index is 2.82. The van der Waals surface area contributed by atoms with Gasteiger partial charge in [0.25, 0.3) is 0 Å². The van der Waals surface area contributed by atoms with Crippen LogP contribution in [0, 0.1) is 0 Å². The van der Waals surface area contributed by atoms with E-state index in [9.17, 15) is 4.79 Å². The maximum atomic E-state index is 10.8. The molecule has 4 heteroatoms. The molecule has 0 aromatic carbocycles. The predicted molar refractivity (Wildman–Crippen MR) is 40.8 cm³/mol. The second-order valence-corrected chi connectivity index (χ2v) is 2.99. The average molecular weight is 158 g/mol. The van der Waals surface area contributed by atoms with Crippen LogP contribution in [0.3, 0.4) is 0 Å². The molecule has 64 valence electrons. The highest BCUT2D eigenvalue weighted by Crippen LogP contribution is 2.29. The van der Waals surface area contributed by atoms with E-state index in [-0.39, 0.29) is 0 Å². The van der Waals surface area contributed by atoms with Gasteiger partial charge in [-0.15, -0.1) is 0 Å². The predicted octanol–water partition coefficient (Wildman–Crippen LogP) is 0.189. The molecular formula is C7H14N2O2. The van der Waals surface area contributed by atoms with Crippen LogP contribution < -0.4 is 5.84 Å². The van der Waals surface area contributed by atoms with Gasteiger partial charge in [0.05, 0.1) is 0 Å². The Morgan fingerprint density at radius 3 is 2.64 bits per heavy atom. The zero-order chi connectivity index (χ0) is 8.48. The average Bonchev–Trinajstić information content (AvgIpc) is 2.32. The van der Waals surface area contributed by atoms with Crippen molar-refractivity contribution in [3.63, 3.8) is 0 Å². The minimum atomic E-state index is -0.792. The fourth-order valence-electron chi connectivity index (χ4n) is 1.66. The van der Waals surface area contributed by atoms with Crippen LogP contribution in [-0.2, 0) is 4.79 Å². The summed E-state index contributed by atoms with van der Waals surface area (Å²) in [5.41, 5.74) is -0.778. The smallest absolute Gasteiger partial charge is 0.325 e. The van der Waals surface area contributed by atoms with Crippen molar-refractivity contribution in [3.05, 3.63) is 0 Å². The number of hydrogen-bond donors (Lipinski definition) is 2. The van der Waals surface area contributed by atoms with Crippen LogP contribution >= 0.6 is 0 Å². The van der Waals surface area contributed by atoms with Crippen molar-refractivity contribution >= 4 is 5.97 Å². The molecule has 0 amide bonds. The molecule has 3 N–H and O–H groups in total. The number of rotatable bonds is 2. The molecule has 0 unspecified atom stereocenters. The van der Waals surface area contributed by atoms with E-state index in [4.69, 9.17) is 10.9 Å². The Kier molecular flexibility index (Phi) is 2.15. The van der Waals surface area contributed by atoms with Gasteiger partial charge in [-0.05, 0) is 19.3 Å². The van der Waals surface area contributed by atoms with Crippen molar-refractivity contribution < 1.29 is 9.90 Å². The third-order valence-corrected chi connectivity index (χ3v) is 2.52. The molecule has 1 heterocycles. The third-order valence-electron chi connectivity index (χ3n) is 2.52. The van der Waals surface area contributed by atoms with E-state index in [1.807, 2.05) is 6.92 Å². The van der Waals surface area contributed by atoms with Gasteiger partial charge in [0.1, 0.15) is 5.54 Å². The minimum absolute atomic E-state index is 0.582. The molecule has 0 radical (unpaired) electrons. The Bertz CT molecular complexity index is 172. The molecule has 1 rings (SSSR count). The molecule has 11 heavy (non-hydrogen) atoms. The standard InChI is InChI=1S/C7H14N2O2/c1-2-7(6(10)11)4-3-5-9(7)8/h2-5,8H2,1H3,(H,10,11)/t7-/m0/s1. The van der Waals surface area contributed by atoms with Gasteiger partial charge < -0.3 is 5.11 Å². The molecule has 0 aliphatic carbocycles. The quantitative estimate of drug-likeness (QED) is 0.563. The summed E-state index contributed by atoms with van der Waals surface area (Å²) < 4.78 is 0. The van der Waals surface area contributed by atoms with Gasteiger partial charge in [0.2, 0.25) is 0 Å². The Morgan fingerprint density at radius 1 is 1.82 bits per heavy atom. The van der Waals surface area contributed by atoms with E-state index >= 15 is 0 Å². The summed E-state index contributed by atoms with van der Waals surface area (Å²) in [7, 11) is 0. The van der Waals surface area contributed by atoms with Crippen LogP contribution in [0.4, 0.5) is 0 Å². The molecule has 0 saturated carbocycles. The number of carboxylic acid groups (broad SMARTS) is 1. The van der Waals surface area contributed by atoms with Crippen molar-refractivity contribution in [2.24, 2.45) is 5.84 Å². The van der Waals surface area contributed by atoms with Gasteiger partial charge in [-0.2, -0.15) is 0 Å². The highest BCUT2D eigenvalue weighted by atomic mass is 16.4. The maximum absolute atomic E-state index is 10.8. The lowest BCUT2D eigenvalue weighted by atomic mass is 9.94. The number of carboxylic acids is 1. The summed E-state index contributed by atoms with van der Waals surface area (Å²) in [6.07, 6.45) is 2.14. The van der Waals surface area contributed by atoms with Crippen molar-refractivity contribution in [3.8, 4) is 0 Å². The number of aliphatic carboxylic acids is 1. The minimum Gasteiger partial charge on any atom is -0.480 e. The van der Waals surface area contributed by atoms with E-state index in [1.54, 1.807) is 0 Å². The second kappa shape index (κ2) is 2.79. The molecule has 1 aliphatic rings. The molecule has 1 fully saturated rings. The van der Waals surface area contributed by atoms with Crippen LogP contribution in [0.1, 0.15) is 26.2 Å². The summed E-state index contributed by atoms with van der Waals surface area (Å²) >= 11 is 0. The van der Waals surface area contributed by atoms with Crippen molar-refractivity contribution in [1.29, 1.82) is 0 Å². The first kappa shape index (κ1) is 8.49. The largest absolute Gasteiger partial charge is 0.480 e. The van der Waals surface area contributed by atoms with Gasteiger partial charge in [-0.3, -0.25) is 10.6 Å². The lowest BCUT2D eigenvalue weighted by Crippen LogP contribution is -2.53. The summed E-state index contributed by atoms with van der Waals surface area (Å²) in [4.78, 5) is 10.8. The van der Waals surface area contributed by atoms with Crippen LogP contribution in [-0.4, -0.2) is 28.2 Å². The number of carbonyl (C=O) groups is 1. The molecule has 0 aromatic heterocycles. The first-order valence-corrected chi connectivity index (χ1v) is 3.89. The van der Waals surface area contributed by atoms with Gasteiger partial charge in [0, 0.05) is 6.54 Å². The van der Waals surface area contributed by atoms with Crippen LogP contribution in [0.15, 0.2) is 0 Å². The molecule has 4 nitrogen and oxygen atoms in total. The summed E-state index contributed by atoms with van der Waals surface area (Å²) in [6, 6.07) is 0. The molecular weight excluding hydrogens is 144 g/mol. The van der Waals surface area contributed by atoms with Crippen LogP contribution in [0.25, 0.3) is 0 Å². The fourth-order valence-corrected chi connectivity index (χ4v) is 1.66. The number of nitrogens with two attached hydrogens (primary N) is 1. The van der Waals surface area contributed by atoms with Gasteiger partial charge in [0.15, 0.2) is 0 Å². The summed E-state index contributed by atoms with van der Waals surface area (Å²) in [5, 5.41) is 10.4. The Morgan fingerprint density at radius 2 is 2.45 bits per heavy atom. The number of hydrogen-bond acceptors (Lipinski definition) is 3. The van der Waals surface area contributed by atoms with Crippen molar-refractivity contribution in [2.45, 2.75) is 31.7 Å². The van der Waals surface area contributed by atoms with Crippen molar-refractivity contribution in [1.82, 2.24) is 5.01 Å². The summed E-state index contributed by atoms with van der Waals surface area (Å²) in [5.74, 6) is 4.79. The zero-order valence-corrected chi connectivity index (χ0v) is 6.71. The lowest BCUT2D eigenvalue weighted by Gasteiger charge is -2.29. The van der Waals surface area contributed by atoms with Crippen molar-refractivity contribution in [2.75, 3.05) is 6.54 Å². The van der Waals surface area contributed by atoms with E-state index < -0.39 is 11.5 Å². The lowest BCUT2D eigenvalue weighted by molar-refractivity contribution is -0.150. The van der Waals surface area contributed by atoms with Gasteiger partial charge >= 0.3 is 5.97 Å². The van der Waals surface area contributed by atoms with E-state index in [2.05, 4.69) is 0 Å². The SMILES string of the molecule is CC[C@@]1(C(=O)O)CCCN1N. The molecule has 1 aliphatic heterocycles. The molecule has 1 saturated heterocycles. The highest BCUT2D eigenvalue weighted by Gasteiger charge is 2.44. The second-order valence-electron chi connectivity index (χ2n) is 2.99. The normalized spacial score (nSPS) is 32.5. The molecule has 0 aromatic rings. The first-order chi connectivity index (χ1) is 5.13. The third kappa shape index (κ3) is 1.12. The Labute approximate surface area is 65.9 Å². The maximum Gasteiger partial charge on any atom is 0.325 e. The monoisotopic (exact) mass is 158 g/mol. The van der Waals surface area contributed by atoms with Crippen LogP contribution in [0.2, 0.25) is 0 Å². The zero-order valence-electron chi connectivity index (χ0n) is 6.71. The first-order valence-electron chi connectivity index (χ1n) is 3.89. The topological polar surface area (TPSA) is 66.6 Å². The number of nitrogens with zero attached hydrogens (tertiary/aromatic N) is 1. The van der Waals surface area contributed by atoms with Gasteiger partial charge in [-0.1, -0.05) is 6.92 Å².